The van der Waals surface area contributed by atoms with Crippen molar-refractivity contribution in [1.29, 1.82) is 5.26 Å². The number of nitriles is 1. The zero-order valence-corrected chi connectivity index (χ0v) is 19.0. The third-order valence-electron chi connectivity index (χ3n) is 5.69. The zero-order chi connectivity index (χ0) is 21.3. The number of halogens is 1. The second-order valence-corrected chi connectivity index (χ2v) is 8.77. The number of carbonyl (C=O) groups is 2. The molecule has 0 radical (unpaired) electrons. The summed E-state index contributed by atoms with van der Waals surface area (Å²) in [6.07, 6.45) is 5.34. The van der Waals surface area contributed by atoms with E-state index >= 15 is 0 Å². The summed E-state index contributed by atoms with van der Waals surface area (Å²) in [5.41, 5.74) is 1.40. The van der Waals surface area contributed by atoms with Crippen molar-refractivity contribution in [3.8, 4) is 6.07 Å². The highest BCUT2D eigenvalue weighted by Crippen LogP contribution is 2.32. The summed E-state index contributed by atoms with van der Waals surface area (Å²) < 4.78 is 0.879. The van der Waals surface area contributed by atoms with Crippen molar-refractivity contribution in [2.45, 2.75) is 32.1 Å². The molecule has 1 aliphatic rings. The lowest BCUT2D eigenvalue weighted by molar-refractivity contribution is -0.126. The first-order valence-corrected chi connectivity index (χ1v) is 11.5. The summed E-state index contributed by atoms with van der Waals surface area (Å²) in [5.74, 6) is -0.379. The Labute approximate surface area is 191 Å². The highest BCUT2D eigenvalue weighted by molar-refractivity contribution is 14.1. The van der Waals surface area contributed by atoms with Gasteiger partial charge in [-0.1, -0.05) is 49.6 Å². The van der Waals surface area contributed by atoms with Crippen molar-refractivity contribution in [3.05, 3.63) is 63.7 Å². The van der Waals surface area contributed by atoms with E-state index in [0.717, 1.165) is 34.9 Å². The number of anilines is 1. The molecule has 2 aromatic carbocycles. The molecule has 1 saturated carbocycles. The number of amides is 2. The van der Waals surface area contributed by atoms with Crippen LogP contribution < -0.4 is 10.2 Å². The molecule has 2 amide bonds. The third kappa shape index (κ3) is 5.60. The van der Waals surface area contributed by atoms with Crippen LogP contribution in [0.5, 0.6) is 0 Å². The number of benzene rings is 2. The molecule has 1 fully saturated rings. The van der Waals surface area contributed by atoms with Crippen molar-refractivity contribution in [3.63, 3.8) is 0 Å². The number of hydrogen-bond donors (Lipinski definition) is 1. The van der Waals surface area contributed by atoms with Crippen LogP contribution in [0.25, 0.3) is 0 Å². The van der Waals surface area contributed by atoms with Crippen LogP contribution in [-0.2, 0) is 4.79 Å². The average molecular weight is 515 g/mol. The average Bonchev–Trinajstić information content (AvgIpc) is 2.79. The number of para-hydroxylation sites is 1. The Hall–Kier alpha value is -2.40. The summed E-state index contributed by atoms with van der Waals surface area (Å²) in [5, 5.41) is 11.6. The van der Waals surface area contributed by atoms with Crippen molar-refractivity contribution >= 4 is 40.1 Å². The van der Waals surface area contributed by atoms with E-state index in [-0.39, 0.29) is 30.2 Å². The topological polar surface area (TPSA) is 73.2 Å². The summed E-state index contributed by atoms with van der Waals surface area (Å²) in [6, 6.07) is 19.0. The lowest BCUT2D eigenvalue weighted by Crippen LogP contribution is -2.45. The van der Waals surface area contributed by atoms with E-state index in [2.05, 4.69) is 27.9 Å². The van der Waals surface area contributed by atoms with Crippen LogP contribution in [0.4, 0.5) is 5.69 Å². The van der Waals surface area contributed by atoms with Gasteiger partial charge in [0.25, 0.3) is 5.91 Å². The molecule has 6 heteroatoms. The van der Waals surface area contributed by atoms with Gasteiger partial charge in [-0.2, -0.15) is 5.26 Å². The molecule has 0 bridgehead atoms. The van der Waals surface area contributed by atoms with Crippen LogP contribution in [0.15, 0.2) is 54.6 Å². The Morgan fingerprint density at radius 2 is 1.73 bits per heavy atom. The van der Waals surface area contributed by atoms with Crippen molar-refractivity contribution in [2.24, 2.45) is 11.8 Å². The minimum Gasteiger partial charge on any atom is -0.343 e. The fourth-order valence-electron chi connectivity index (χ4n) is 4.13. The van der Waals surface area contributed by atoms with E-state index in [4.69, 9.17) is 5.26 Å². The number of nitrogens with zero attached hydrogens (tertiary/aromatic N) is 2. The molecule has 156 valence electrons. The normalized spacial score (nSPS) is 15.1. The van der Waals surface area contributed by atoms with E-state index < -0.39 is 0 Å². The molecular weight excluding hydrogens is 489 g/mol. The first-order chi connectivity index (χ1) is 14.6. The molecule has 1 N–H and O–H groups in total. The summed E-state index contributed by atoms with van der Waals surface area (Å²) in [4.78, 5) is 28.3. The Kier molecular flexibility index (Phi) is 8.26. The van der Waals surface area contributed by atoms with Crippen molar-refractivity contribution < 1.29 is 9.59 Å². The van der Waals surface area contributed by atoms with Crippen LogP contribution in [0.2, 0.25) is 0 Å². The molecule has 0 aliphatic heterocycles. The van der Waals surface area contributed by atoms with Crippen LogP contribution in [-0.4, -0.2) is 24.9 Å². The second kappa shape index (κ2) is 11.1. The molecule has 0 heterocycles. The highest BCUT2D eigenvalue weighted by Gasteiger charge is 2.33. The van der Waals surface area contributed by atoms with Gasteiger partial charge in [-0.05, 0) is 65.6 Å². The molecule has 3 rings (SSSR count). The van der Waals surface area contributed by atoms with Gasteiger partial charge < -0.3 is 10.2 Å². The molecule has 1 unspecified atom stereocenters. The van der Waals surface area contributed by atoms with Gasteiger partial charge in [0.15, 0.2) is 0 Å². The number of nitrogens with one attached hydrogen (secondary N) is 1. The number of rotatable bonds is 7. The maximum Gasteiger partial charge on any atom is 0.259 e. The highest BCUT2D eigenvalue weighted by atomic mass is 127. The second-order valence-electron chi connectivity index (χ2n) is 7.61. The Bertz CT molecular complexity index is 904. The summed E-state index contributed by atoms with van der Waals surface area (Å²) in [7, 11) is 0. The fraction of sp³-hybridized carbons (Fsp3) is 0.375. The van der Waals surface area contributed by atoms with Gasteiger partial charge in [-0.25, -0.2) is 0 Å². The lowest BCUT2D eigenvalue weighted by Gasteiger charge is -2.34. The molecule has 2 aromatic rings. The van der Waals surface area contributed by atoms with Crippen LogP contribution in [0, 0.1) is 26.7 Å². The number of carbonyl (C=O) groups excluding carboxylic acids is 2. The first-order valence-electron chi connectivity index (χ1n) is 10.4. The largest absolute Gasteiger partial charge is 0.343 e. The van der Waals surface area contributed by atoms with E-state index in [0.29, 0.717) is 12.1 Å². The number of hydrogen-bond acceptors (Lipinski definition) is 3. The molecule has 30 heavy (non-hydrogen) atoms. The minimum absolute atomic E-state index is 0.0160. The van der Waals surface area contributed by atoms with Crippen LogP contribution in [0.3, 0.4) is 0 Å². The van der Waals surface area contributed by atoms with E-state index in [1.54, 1.807) is 4.90 Å². The minimum atomic E-state index is -0.343. The maximum absolute atomic E-state index is 13.6. The predicted molar refractivity (Wildman–Crippen MR) is 126 cm³/mol. The van der Waals surface area contributed by atoms with E-state index in [1.165, 1.54) is 6.42 Å². The Balaban J connectivity index is 1.94. The lowest BCUT2D eigenvalue weighted by atomic mass is 9.79. The molecule has 1 atom stereocenters. The van der Waals surface area contributed by atoms with Crippen molar-refractivity contribution in [1.82, 2.24) is 5.32 Å². The predicted octanol–water partition coefficient (Wildman–Crippen LogP) is 4.77. The standard InChI is InChI=1S/C24H26IN3O2/c25-22-14-8-7-13-20(22)24(30)28(19-11-5-2-6-12-19)17-21(23(29)27-16-15-26)18-9-3-1-4-10-18/h2,5-8,11-14,18,21H,1,3-4,9-10,16-17H2,(H,27,29). The maximum atomic E-state index is 13.6. The van der Waals surface area contributed by atoms with E-state index in [9.17, 15) is 9.59 Å². The molecule has 0 saturated heterocycles. The third-order valence-corrected chi connectivity index (χ3v) is 6.63. The molecule has 0 aromatic heterocycles. The van der Waals surface area contributed by atoms with Gasteiger partial charge >= 0.3 is 0 Å². The molecular formula is C24H26IN3O2. The van der Waals surface area contributed by atoms with Crippen LogP contribution in [0.1, 0.15) is 42.5 Å². The van der Waals surface area contributed by atoms with Crippen molar-refractivity contribution in [2.75, 3.05) is 18.0 Å². The van der Waals surface area contributed by atoms with E-state index in [1.807, 2.05) is 60.7 Å². The monoisotopic (exact) mass is 515 g/mol. The molecule has 5 nitrogen and oxygen atoms in total. The molecule has 1 aliphatic carbocycles. The Morgan fingerprint density at radius 1 is 1.07 bits per heavy atom. The van der Waals surface area contributed by atoms with Gasteiger partial charge in [-0.15, -0.1) is 0 Å². The summed E-state index contributed by atoms with van der Waals surface area (Å²) >= 11 is 2.17. The Morgan fingerprint density at radius 3 is 2.40 bits per heavy atom. The van der Waals surface area contributed by atoms with Gasteiger partial charge in [-0.3, -0.25) is 9.59 Å². The van der Waals surface area contributed by atoms with Gasteiger partial charge in [0.1, 0.15) is 6.54 Å². The molecule has 0 spiro atoms. The summed E-state index contributed by atoms with van der Waals surface area (Å²) in [6.45, 7) is 0.285. The zero-order valence-electron chi connectivity index (χ0n) is 16.9. The SMILES string of the molecule is N#CCNC(=O)C(CN(C(=O)c1ccccc1I)c1ccccc1)C1CCCCC1. The first kappa shape index (κ1) is 22.3. The smallest absolute Gasteiger partial charge is 0.259 e. The van der Waals surface area contributed by atoms with Gasteiger partial charge in [0.05, 0.1) is 17.6 Å². The fourth-order valence-corrected chi connectivity index (χ4v) is 4.75. The van der Waals surface area contributed by atoms with Crippen LogP contribution >= 0.6 is 22.6 Å². The van der Waals surface area contributed by atoms with Gasteiger partial charge in [0.2, 0.25) is 5.91 Å². The quantitative estimate of drug-likeness (QED) is 0.427. The van der Waals surface area contributed by atoms with Gasteiger partial charge in [0, 0.05) is 15.8 Å².